The highest BCUT2D eigenvalue weighted by atomic mass is 16.7. The Labute approximate surface area is 464 Å². The van der Waals surface area contributed by atoms with Gasteiger partial charge >= 0.3 is 0 Å². The van der Waals surface area contributed by atoms with Crippen LogP contribution in [-0.4, -0.2) is 98.7 Å². The average molecular weight is 1070 g/mol. The monoisotopic (exact) mass is 1070 g/mol. The number of carbonyl (C=O) groups excluding carboxylic acids is 1. The standard InChI is InChI=1S/C65H129NO9/c1-3-5-7-9-11-13-15-17-19-21-22-23-24-25-26-27-28-29-30-31-32-33-34-35-36-37-38-40-42-44-46-48-50-52-54-60(69)66-57(56-74-65-64(73)63(72)62(71)59(55-67)75-65)61(70)58(68)53-51-49-47-45-43-41-39-20-18-16-14-12-10-8-6-4-2/h57-59,61-65,67-68,70-73H,3-56H2,1-2H3,(H,66,69)/t57-,58+,59+,61-,62-,63?,64?,65+/m0/s1. The first-order valence-electron chi connectivity index (χ1n) is 33.3. The minimum atomic E-state index is -1.60. The fourth-order valence-electron chi connectivity index (χ4n) is 11.3. The van der Waals surface area contributed by atoms with Gasteiger partial charge in [0.1, 0.15) is 30.5 Å². The van der Waals surface area contributed by atoms with Crippen LogP contribution in [0.2, 0.25) is 0 Å². The summed E-state index contributed by atoms with van der Waals surface area (Å²) in [6, 6.07) is -0.987. The van der Waals surface area contributed by atoms with E-state index in [0.29, 0.717) is 6.42 Å². The molecule has 0 saturated carbocycles. The summed E-state index contributed by atoms with van der Waals surface area (Å²) in [6.07, 6.45) is 57.3. The Balaban J connectivity index is 2.10. The molecule has 1 fully saturated rings. The zero-order valence-electron chi connectivity index (χ0n) is 49.7. The normalized spacial score (nSPS) is 19.2. The molecule has 448 valence electrons. The van der Waals surface area contributed by atoms with Crippen molar-refractivity contribution in [3.8, 4) is 0 Å². The smallest absolute Gasteiger partial charge is 0.220 e. The Hall–Kier alpha value is -0.850. The first-order chi connectivity index (χ1) is 36.8. The van der Waals surface area contributed by atoms with Gasteiger partial charge in [-0.15, -0.1) is 0 Å². The third-order valence-electron chi connectivity index (χ3n) is 16.6. The number of aliphatic hydroxyl groups is 6. The molecule has 0 aromatic rings. The van der Waals surface area contributed by atoms with Gasteiger partial charge in [0.2, 0.25) is 5.91 Å². The maximum Gasteiger partial charge on any atom is 0.220 e. The Bertz CT molecular complexity index is 1160. The van der Waals surface area contributed by atoms with E-state index in [0.717, 1.165) is 38.5 Å². The van der Waals surface area contributed by atoms with Crippen LogP contribution in [0.5, 0.6) is 0 Å². The molecule has 0 spiro atoms. The third kappa shape index (κ3) is 43.6. The molecular formula is C65H129NO9. The number of ether oxygens (including phenoxy) is 2. The van der Waals surface area contributed by atoms with Crippen molar-refractivity contribution in [2.75, 3.05) is 13.2 Å². The van der Waals surface area contributed by atoms with E-state index in [9.17, 15) is 35.4 Å². The van der Waals surface area contributed by atoms with Crippen molar-refractivity contribution in [3.05, 3.63) is 0 Å². The van der Waals surface area contributed by atoms with Gasteiger partial charge in [-0.3, -0.25) is 4.79 Å². The van der Waals surface area contributed by atoms with Crippen molar-refractivity contribution in [1.82, 2.24) is 5.32 Å². The molecular weight excluding hydrogens is 939 g/mol. The Morgan fingerprint density at radius 2 is 0.693 bits per heavy atom. The van der Waals surface area contributed by atoms with Crippen molar-refractivity contribution in [2.24, 2.45) is 0 Å². The molecule has 2 unspecified atom stereocenters. The third-order valence-corrected chi connectivity index (χ3v) is 16.6. The summed E-state index contributed by atoms with van der Waals surface area (Å²) in [6.45, 7) is 3.67. The average Bonchev–Trinajstić information content (AvgIpc) is 3.41. The quantitative estimate of drug-likeness (QED) is 0.0293. The molecule has 1 heterocycles. The molecule has 1 rings (SSSR count). The van der Waals surface area contributed by atoms with E-state index in [4.69, 9.17) is 9.47 Å². The topological polar surface area (TPSA) is 169 Å². The number of aliphatic hydroxyl groups excluding tert-OH is 6. The van der Waals surface area contributed by atoms with Gasteiger partial charge in [-0.05, 0) is 12.8 Å². The summed E-state index contributed by atoms with van der Waals surface area (Å²) in [5.74, 6) is -0.248. The van der Waals surface area contributed by atoms with Gasteiger partial charge in [-0.25, -0.2) is 0 Å². The Kier molecular flexibility index (Phi) is 53.0. The van der Waals surface area contributed by atoms with Crippen LogP contribution in [0.15, 0.2) is 0 Å². The summed E-state index contributed by atoms with van der Waals surface area (Å²) < 4.78 is 11.2. The first-order valence-corrected chi connectivity index (χ1v) is 33.3. The largest absolute Gasteiger partial charge is 0.394 e. The highest BCUT2D eigenvalue weighted by Crippen LogP contribution is 2.24. The van der Waals surface area contributed by atoms with Crippen molar-refractivity contribution >= 4 is 5.91 Å². The summed E-state index contributed by atoms with van der Waals surface area (Å²) in [4.78, 5) is 13.1. The van der Waals surface area contributed by atoms with Crippen LogP contribution in [-0.2, 0) is 14.3 Å². The van der Waals surface area contributed by atoms with Crippen molar-refractivity contribution in [3.63, 3.8) is 0 Å². The lowest BCUT2D eigenvalue weighted by Gasteiger charge is -2.40. The highest BCUT2D eigenvalue weighted by Gasteiger charge is 2.44. The zero-order valence-corrected chi connectivity index (χ0v) is 49.7. The number of hydrogen-bond acceptors (Lipinski definition) is 9. The summed E-state index contributed by atoms with van der Waals surface area (Å²) >= 11 is 0. The Morgan fingerprint density at radius 3 is 0.987 bits per heavy atom. The lowest BCUT2D eigenvalue weighted by atomic mass is 9.98. The first kappa shape index (κ1) is 72.2. The van der Waals surface area contributed by atoms with Gasteiger partial charge in [0, 0.05) is 6.42 Å². The molecule has 10 heteroatoms. The molecule has 0 radical (unpaired) electrons. The van der Waals surface area contributed by atoms with E-state index in [-0.39, 0.29) is 18.9 Å². The predicted molar refractivity (Wildman–Crippen MR) is 315 cm³/mol. The van der Waals surface area contributed by atoms with E-state index < -0.39 is 55.6 Å². The van der Waals surface area contributed by atoms with Crippen LogP contribution < -0.4 is 5.32 Å². The lowest BCUT2D eigenvalue weighted by Crippen LogP contribution is -2.60. The van der Waals surface area contributed by atoms with Gasteiger partial charge < -0.3 is 45.4 Å². The fraction of sp³-hybridized carbons (Fsp3) is 0.985. The van der Waals surface area contributed by atoms with Crippen LogP contribution in [0.25, 0.3) is 0 Å². The van der Waals surface area contributed by atoms with E-state index >= 15 is 0 Å². The maximum absolute atomic E-state index is 13.1. The molecule has 8 atom stereocenters. The van der Waals surface area contributed by atoms with E-state index in [1.807, 2.05) is 0 Å². The second-order valence-corrected chi connectivity index (χ2v) is 23.8. The van der Waals surface area contributed by atoms with Crippen LogP contribution in [0.3, 0.4) is 0 Å². The van der Waals surface area contributed by atoms with Crippen LogP contribution in [0.1, 0.15) is 348 Å². The SMILES string of the molecule is CCCCCCCCCCCCCCCCCCCCCCCCCCCCCCCCCCCCC(=O)N[C@@H](CO[C@@H]1O[C@H](CO)[C@H](O)C(O)C1O)[C@H](O)[C@H](O)CCCCCCCCCCCCCCCCCC. The number of hydrogen-bond donors (Lipinski definition) is 7. The summed E-state index contributed by atoms with van der Waals surface area (Å²) in [5, 5.41) is 65.7. The maximum atomic E-state index is 13.1. The molecule has 1 amide bonds. The van der Waals surface area contributed by atoms with Gasteiger partial charge in [0.05, 0.1) is 25.4 Å². The molecule has 7 N–H and O–H groups in total. The number of carbonyl (C=O) groups is 1. The number of unbranched alkanes of at least 4 members (excludes halogenated alkanes) is 48. The number of amides is 1. The van der Waals surface area contributed by atoms with Crippen LogP contribution in [0.4, 0.5) is 0 Å². The summed E-state index contributed by atoms with van der Waals surface area (Å²) in [5.41, 5.74) is 0. The van der Waals surface area contributed by atoms with Gasteiger partial charge in [0.15, 0.2) is 6.29 Å². The summed E-state index contributed by atoms with van der Waals surface area (Å²) in [7, 11) is 0. The van der Waals surface area contributed by atoms with Crippen LogP contribution in [0, 0.1) is 0 Å². The van der Waals surface area contributed by atoms with E-state index in [1.165, 1.54) is 283 Å². The van der Waals surface area contributed by atoms with Crippen molar-refractivity contribution in [2.45, 2.75) is 397 Å². The molecule has 1 aliphatic rings. The van der Waals surface area contributed by atoms with Gasteiger partial charge in [0.25, 0.3) is 0 Å². The molecule has 0 bridgehead atoms. The second kappa shape index (κ2) is 55.1. The number of rotatable bonds is 59. The minimum absolute atomic E-state index is 0.248. The van der Waals surface area contributed by atoms with E-state index in [2.05, 4.69) is 19.2 Å². The Morgan fingerprint density at radius 1 is 0.413 bits per heavy atom. The second-order valence-electron chi connectivity index (χ2n) is 23.8. The molecule has 0 aliphatic carbocycles. The number of nitrogens with one attached hydrogen (secondary N) is 1. The van der Waals surface area contributed by atoms with Crippen LogP contribution >= 0.6 is 0 Å². The fourth-order valence-corrected chi connectivity index (χ4v) is 11.3. The molecule has 0 aromatic heterocycles. The van der Waals surface area contributed by atoms with Crippen molar-refractivity contribution in [1.29, 1.82) is 0 Å². The van der Waals surface area contributed by atoms with Gasteiger partial charge in [-0.2, -0.15) is 0 Å². The molecule has 10 nitrogen and oxygen atoms in total. The molecule has 1 saturated heterocycles. The highest BCUT2D eigenvalue weighted by molar-refractivity contribution is 5.76. The minimum Gasteiger partial charge on any atom is -0.394 e. The van der Waals surface area contributed by atoms with Gasteiger partial charge in [-0.1, -0.05) is 328 Å². The molecule has 0 aromatic carbocycles. The van der Waals surface area contributed by atoms with Crippen molar-refractivity contribution < 1.29 is 44.9 Å². The predicted octanol–water partition coefficient (Wildman–Crippen LogP) is 16.3. The molecule has 75 heavy (non-hydrogen) atoms. The zero-order chi connectivity index (χ0) is 54.5. The molecule has 1 aliphatic heterocycles. The lowest BCUT2D eigenvalue weighted by molar-refractivity contribution is -0.303. The van der Waals surface area contributed by atoms with E-state index in [1.54, 1.807) is 0 Å².